The summed E-state index contributed by atoms with van der Waals surface area (Å²) in [5, 5.41) is 0. The Kier molecular flexibility index (Phi) is 4.49. The predicted octanol–water partition coefficient (Wildman–Crippen LogP) is 1.84. The first-order valence-corrected chi connectivity index (χ1v) is 8.85. The number of aromatic nitrogens is 2. The molecule has 0 saturated carbocycles. The standard InChI is InChI=1S/C18H24N4O2/c23-18-11-15(12-20-6-1-2-7-20)19-17-14-21(8-4-9-22(17)18)13-16-5-3-10-24-16/h3,5,10-11H,1-2,4,6-9,12-14H2. The van der Waals surface area contributed by atoms with Gasteiger partial charge in [0.05, 0.1) is 25.0 Å². The molecular weight excluding hydrogens is 304 g/mol. The highest BCUT2D eigenvalue weighted by molar-refractivity contribution is 5.07. The van der Waals surface area contributed by atoms with E-state index in [4.69, 9.17) is 9.40 Å². The molecule has 1 fully saturated rings. The van der Waals surface area contributed by atoms with Crippen molar-refractivity contribution in [2.24, 2.45) is 0 Å². The molecule has 6 heteroatoms. The third-order valence-corrected chi connectivity index (χ3v) is 4.91. The van der Waals surface area contributed by atoms with E-state index in [0.717, 1.165) is 63.0 Å². The largest absolute Gasteiger partial charge is 0.468 e. The Bertz CT molecular complexity index is 732. The fraction of sp³-hybridized carbons (Fsp3) is 0.556. The fourth-order valence-corrected chi connectivity index (χ4v) is 3.71. The van der Waals surface area contributed by atoms with Gasteiger partial charge < -0.3 is 4.42 Å². The van der Waals surface area contributed by atoms with E-state index in [1.54, 1.807) is 12.3 Å². The molecule has 2 aliphatic heterocycles. The van der Waals surface area contributed by atoms with E-state index in [0.29, 0.717) is 6.54 Å². The van der Waals surface area contributed by atoms with Gasteiger partial charge in [-0.25, -0.2) is 4.98 Å². The quantitative estimate of drug-likeness (QED) is 0.857. The third-order valence-electron chi connectivity index (χ3n) is 4.91. The Hall–Kier alpha value is -1.92. The van der Waals surface area contributed by atoms with Gasteiger partial charge in [-0.2, -0.15) is 0 Å². The summed E-state index contributed by atoms with van der Waals surface area (Å²) in [5.41, 5.74) is 1.00. The summed E-state index contributed by atoms with van der Waals surface area (Å²) in [5.74, 6) is 1.85. The Morgan fingerprint density at radius 3 is 2.67 bits per heavy atom. The summed E-state index contributed by atoms with van der Waals surface area (Å²) in [7, 11) is 0. The molecule has 0 aromatic carbocycles. The number of hydrogen-bond donors (Lipinski definition) is 0. The van der Waals surface area contributed by atoms with Crippen LogP contribution in [0.4, 0.5) is 0 Å². The molecule has 0 spiro atoms. The van der Waals surface area contributed by atoms with E-state index in [1.807, 2.05) is 16.7 Å². The van der Waals surface area contributed by atoms with E-state index in [1.165, 1.54) is 12.8 Å². The molecule has 0 amide bonds. The first kappa shape index (κ1) is 15.6. The van der Waals surface area contributed by atoms with Gasteiger partial charge in [0, 0.05) is 25.7 Å². The maximum Gasteiger partial charge on any atom is 0.253 e. The van der Waals surface area contributed by atoms with Crippen molar-refractivity contribution in [2.45, 2.75) is 45.4 Å². The van der Waals surface area contributed by atoms with Crippen LogP contribution < -0.4 is 5.56 Å². The average molecular weight is 328 g/mol. The SMILES string of the molecule is O=c1cc(CN2CCCC2)nc2n1CCCN(Cc1ccco1)C2. The minimum atomic E-state index is 0.0917. The number of hydrogen-bond acceptors (Lipinski definition) is 5. The minimum Gasteiger partial charge on any atom is -0.468 e. The highest BCUT2D eigenvalue weighted by atomic mass is 16.3. The molecule has 0 unspecified atom stereocenters. The van der Waals surface area contributed by atoms with Gasteiger partial charge in [-0.1, -0.05) is 0 Å². The van der Waals surface area contributed by atoms with Gasteiger partial charge in [0.25, 0.3) is 5.56 Å². The molecule has 2 aromatic heterocycles. The second-order valence-electron chi connectivity index (χ2n) is 6.78. The van der Waals surface area contributed by atoms with Crippen LogP contribution in [0.1, 0.15) is 36.5 Å². The normalized spacial score (nSPS) is 19.3. The van der Waals surface area contributed by atoms with Crippen LogP contribution in [0.15, 0.2) is 33.7 Å². The van der Waals surface area contributed by atoms with E-state index in [-0.39, 0.29) is 5.56 Å². The summed E-state index contributed by atoms with van der Waals surface area (Å²) in [4.78, 5) is 22.0. The number of furan rings is 1. The second-order valence-corrected chi connectivity index (χ2v) is 6.78. The van der Waals surface area contributed by atoms with Crippen LogP contribution in [0.3, 0.4) is 0 Å². The Labute approximate surface area is 141 Å². The molecule has 0 atom stereocenters. The van der Waals surface area contributed by atoms with Gasteiger partial charge in [0.2, 0.25) is 0 Å². The van der Waals surface area contributed by atoms with Gasteiger partial charge in [0.1, 0.15) is 11.6 Å². The summed E-state index contributed by atoms with van der Waals surface area (Å²) in [6.07, 6.45) is 5.17. The monoisotopic (exact) mass is 328 g/mol. The molecule has 128 valence electrons. The van der Waals surface area contributed by atoms with E-state index in [2.05, 4.69) is 9.80 Å². The van der Waals surface area contributed by atoms with Crippen LogP contribution in [0.25, 0.3) is 0 Å². The van der Waals surface area contributed by atoms with Gasteiger partial charge in [-0.3, -0.25) is 19.2 Å². The number of fused-ring (bicyclic) bond motifs is 1. The average Bonchev–Trinajstić information content (AvgIpc) is 3.20. The van der Waals surface area contributed by atoms with Crippen molar-refractivity contribution in [2.75, 3.05) is 19.6 Å². The number of likely N-dealkylation sites (tertiary alicyclic amines) is 1. The van der Waals surface area contributed by atoms with Crippen molar-refractivity contribution in [1.82, 2.24) is 19.4 Å². The van der Waals surface area contributed by atoms with Crippen LogP contribution in [0.2, 0.25) is 0 Å². The molecule has 1 saturated heterocycles. The lowest BCUT2D eigenvalue weighted by molar-refractivity contribution is 0.236. The lowest BCUT2D eigenvalue weighted by Crippen LogP contribution is -2.29. The summed E-state index contributed by atoms with van der Waals surface area (Å²) >= 11 is 0. The lowest BCUT2D eigenvalue weighted by Gasteiger charge is -2.19. The van der Waals surface area contributed by atoms with Crippen molar-refractivity contribution >= 4 is 0 Å². The summed E-state index contributed by atoms with van der Waals surface area (Å²) in [6.45, 7) is 6.18. The van der Waals surface area contributed by atoms with Crippen molar-refractivity contribution < 1.29 is 4.42 Å². The highest BCUT2D eigenvalue weighted by Gasteiger charge is 2.19. The minimum absolute atomic E-state index is 0.0917. The Balaban J connectivity index is 1.55. The van der Waals surface area contributed by atoms with E-state index in [9.17, 15) is 4.79 Å². The molecule has 6 nitrogen and oxygen atoms in total. The van der Waals surface area contributed by atoms with E-state index >= 15 is 0 Å². The molecule has 0 bridgehead atoms. The number of nitrogens with zero attached hydrogens (tertiary/aromatic N) is 4. The van der Waals surface area contributed by atoms with Crippen molar-refractivity contribution in [3.05, 3.63) is 52.1 Å². The molecule has 0 N–H and O–H groups in total. The molecule has 0 aliphatic carbocycles. The molecule has 4 rings (SSSR count). The first-order valence-electron chi connectivity index (χ1n) is 8.85. The second kappa shape index (κ2) is 6.91. The van der Waals surface area contributed by atoms with Crippen LogP contribution in [0.5, 0.6) is 0 Å². The van der Waals surface area contributed by atoms with Crippen molar-refractivity contribution in [1.29, 1.82) is 0 Å². The molecule has 2 aliphatic rings. The van der Waals surface area contributed by atoms with Gasteiger partial charge in [-0.15, -0.1) is 0 Å². The van der Waals surface area contributed by atoms with Gasteiger partial charge in [0.15, 0.2) is 0 Å². The Morgan fingerprint density at radius 2 is 1.88 bits per heavy atom. The van der Waals surface area contributed by atoms with Crippen LogP contribution >= 0.6 is 0 Å². The molecular formula is C18H24N4O2. The maximum atomic E-state index is 12.5. The zero-order valence-electron chi connectivity index (χ0n) is 14.0. The molecule has 4 heterocycles. The van der Waals surface area contributed by atoms with Crippen molar-refractivity contribution in [3.63, 3.8) is 0 Å². The smallest absolute Gasteiger partial charge is 0.253 e. The van der Waals surface area contributed by atoms with Gasteiger partial charge >= 0.3 is 0 Å². The zero-order chi connectivity index (χ0) is 16.4. The molecule has 0 radical (unpaired) electrons. The van der Waals surface area contributed by atoms with Crippen molar-refractivity contribution in [3.8, 4) is 0 Å². The lowest BCUT2D eigenvalue weighted by atomic mass is 10.3. The predicted molar refractivity (Wildman–Crippen MR) is 90.4 cm³/mol. The topological polar surface area (TPSA) is 54.5 Å². The van der Waals surface area contributed by atoms with Crippen LogP contribution in [-0.2, 0) is 26.2 Å². The first-order chi connectivity index (χ1) is 11.8. The maximum absolute atomic E-state index is 12.5. The molecule has 24 heavy (non-hydrogen) atoms. The van der Waals surface area contributed by atoms with Gasteiger partial charge in [-0.05, 0) is 44.5 Å². The summed E-state index contributed by atoms with van der Waals surface area (Å²) < 4.78 is 7.31. The zero-order valence-corrected chi connectivity index (χ0v) is 14.0. The van der Waals surface area contributed by atoms with E-state index < -0.39 is 0 Å². The molecule has 2 aromatic rings. The fourth-order valence-electron chi connectivity index (χ4n) is 3.71. The number of rotatable bonds is 4. The van der Waals surface area contributed by atoms with Crippen LogP contribution in [-0.4, -0.2) is 39.0 Å². The Morgan fingerprint density at radius 1 is 1.04 bits per heavy atom. The third kappa shape index (κ3) is 3.44. The summed E-state index contributed by atoms with van der Waals surface area (Å²) in [6, 6.07) is 5.64. The van der Waals surface area contributed by atoms with Crippen LogP contribution in [0, 0.1) is 0 Å². The highest BCUT2D eigenvalue weighted by Crippen LogP contribution is 2.15.